The van der Waals surface area contributed by atoms with Crippen molar-refractivity contribution in [3.63, 3.8) is 0 Å². The van der Waals surface area contributed by atoms with Gasteiger partial charge in [0.25, 0.3) is 0 Å². The van der Waals surface area contributed by atoms with Gasteiger partial charge in [0.1, 0.15) is 5.65 Å². The monoisotopic (exact) mass is 243 g/mol. The predicted octanol–water partition coefficient (Wildman–Crippen LogP) is 1.86. The zero-order valence-corrected chi connectivity index (χ0v) is 9.92. The number of anilines is 1. The molecule has 92 valence electrons. The van der Waals surface area contributed by atoms with Gasteiger partial charge in [-0.15, -0.1) is 6.42 Å². The normalized spacial score (nSPS) is 12.0. The third-order valence-electron chi connectivity index (χ3n) is 2.65. The number of carboxylic acids is 1. The van der Waals surface area contributed by atoms with Crippen LogP contribution in [0.1, 0.15) is 23.8 Å². The smallest absolute Gasteiger partial charge is 0.356 e. The standard InChI is InChI=1S/C13H13N3O2/c1-3-9(4-2)14-12-11(13(17)18)16-8-6-5-7-10(16)15-12/h1,5-9,14H,4H2,2H3,(H,17,18). The molecule has 0 bridgehead atoms. The summed E-state index contributed by atoms with van der Waals surface area (Å²) in [6.45, 7) is 1.92. The van der Waals surface area contributed by atoms with Gasteiger partial charge in [-0.2, -0.15) is 0 Å². The number of hydrogen-bond donors (Lipinski definition) is 2. The van der Waals surface area contributed by atoms with E-state index in [2.05, 4.69) is 16.2 Å². The molecular formula is C13H13N3O2. The maximum atomic E-state index is 11.3. The number of hydrogen-bond acceptors (Lipinski definition) is 3. The number of aromatic carboxylic acids is 1. The lowest BCUT2D eigenvalue weighted by molar-refractivity contribution is 0.0690. The van der Waals surface area contributed by atoms with Gasteiger partial charge < -0.3 is 10.4 Å². The van der Waals surface area contributed by atoms with E-state index in [1.807, 2.05) is 6.92 Å². The van der Waals surface area contributed by atoms with Crippen LogP contribution in [0.15, 0.2) is 24.4 Å². The van der Waals surface area contributed by atoms with Crippen molar-refractivity contribution in [2.75, 3.05) is 5.32 Å². The molecule has 0 aliphatic rings. The van der Waals surface area contributed by atoms with Crippen LogP contribution in [0.4, 0.5) is 5.82 Å². The lowest BCUT2D eigenvalue weighted by atomic mass is 10.2. The average molecular weight is 243 g/mol. The number of carboxylic acid groups (broad SMARTS) is 1. The Hall–Kier alpha value is -2.48. The van der Waals surface area contributed by atoms with Crippen LogP contribution in [0.2, 0.25) is 0 Å². The van der Waals surface area contributed by atoms with Crippen LogP contribution < -0.4 is 5.32 Å². The maximum Gasteiger partial charge on any atom is 0.356 e. The molecule has 1 unspecified atom stereocenters. The largest absolute Gasteiger partial charge is 0.476 e. The number of nitrogens with one attached hydrogen (secondary N) is 1. The summed E-state index contributed by atoms with van der Waals surface area (Å²) < 4.78 is 1.52. The Balaban J connectivity index is 2.53. The van der Waals surface area contributed by atoms with Crippen LogP contribution in [0, 0.1) is 12.3 Å². The van der Waals surface area contributed by atoms with E-state index >= 15 is 0 Å². The predicted molar refractivity (Wildman–Crippen MR) is 68.7 cm³/mol. The van der Waals surface area contributed by atoms with Gasteiger partial charge in [0.15, 0.2) is 11.5 Å². The van der Waals surface area contributed by atoms with Crippen LogP contribution in [-0.2, 0) is 0 Å². The van der Waals surface area contributed by atoms with Crippen LogP contribution in [-0.4, -0.2) is 26.5 Å². The number of rotatable bonds is 4. The maximum absolute atomic E-state index is 11.3. The molecule has 0 saturated heterocycles. The van der Waals surface area contributed by atoms with Crippen molar-refractivity contribution < 1.29 is 9.90 Å². The van der Waals surface area contributed by atoms with E-state index in [4.69, 9.17) is 6.42 Å². The highest BCUT2D eigenvalue weighted by Crippen LogP contribution is 2.18. The first-order chi connectivity index (χ1) is 8.67. The van der Waals surface area contributed by atoms with Crippen molar-refractivity contribution in [1.29, 1.82) is 0 Å². The van der Waals surface area contributed by atoms with Gasteiger partial charge in [-0.1, -0.05) is 18.9 Å². The van der Waals surface area contributed by atoms with Crippen molar-refractivity contribution in [3.8, 4) is 12.3 Å². The number of imidazole rings is 1. The molecule has 2 aromatic rings. The van der Waals surface area contributed by atoms with Gasteiger partial charge in [-0.25, -0.2) is 9.78 Å². The zero-order valence-electron chi connectivity index (χ0n) is 9.92. The van der Waals surface area contributed by atoms with Crippen molar-refractivity contribution in [2.45, 2.75) is 19.4 Å². The van der Waals surface area contributed by atoms with Gasteiger partial charge in [0, 0.05) is 6.20 Å². The van der Waals surface area contributed by atoms with Crippen molar-refractivity contribution in [2.24, 2.45) is 0 Å². The number of aromatic nitrogens is 2. The van der Waals surface area contributed by atoms with Gasteiger partial charge in [-0.05, 0) is 18.6 Å². The molecule has 2 rings (SSSR count). The molecule has 0 amide bonds. The minimum absolute atomic E-state index is 0.0966. The molecule has 0 aromatic carbocycles. The van der Waals surface area contributed by atoms with Gasteiger partial charge in [0.2, 0.25) is 0 Å². The highest BCUT2D eigenvalue weighted by molar-refractivity contribution is 5.93. The number of terminal acetylenes is 1. The zero-order chi connectivity index (χ0) is 13.1. The van der Waals surface area contributed by atoms with E-state index < -0.39 is 5.97 Å². The summed E-state index contributed by atoms with van der Waals surface area (Å²) >= 11 is 0. The van der Waals surface area contributed by atoms with Crippen LogP contribution in [0.5, 0.6) is 0 Å². The minimum atomic E-state index is -1.04. The Labute approximate surface area is 104 Å². The minimum Gasteiger partial charge on any atom is -0.476 e. The average Bonchev–Trinajstić information content (AvgIpc) is 2.73. The molecule has 5 heteroatoms. The summed E-state index contributed by atoms with van der Waals surface area (Å²) in [5.41, 5.74) is 0.670. The molecule has 2 heterocycles. The number of pyridine rings is 1. The Morgan fingerprint density at radius 3 is 3.06 bits per heavy atom. The van der Waals surface area contributed by atoms with E-state index in [-0.39, 0.29) is 11.7 Å². The molecule has 0 spiro atoms. The highest BCUT2D eigenvalue weighted by Gasteiger charge is 2.19. The lowest BCUT2D eigenvalue weighted by Crippen LogP contribution is -2.18. The molecule has 0 aliphatic carbocycles. The second-order valence-electron chi connectivity index (χ2n) is 3.81. The fraction of sp³-hybridized carbons (Fsp3) is 0.231. The van der Waals surface area contributed by atoms with E-state index in [1.54, 1.807) is 24.4 Å². The summed E-state index contributed by atoms with van der Waals surface area (Å²) in [6, 6.07) is 5.07. The Morgan fingerprint density at radius 1 is 1.67 bits per heavy atom. The van der Waals surface area contributed by atoms with Crippen LogP contribution >= 0.6 is 0 Å². The Kier molecular flexibility index (Phi) is 3.20. The molecule has 0 saturated carbocycles. The van der Waals surface area contributed by atoms with Crippen LogP contribution in [0.25, 0.3) is 5.65 Å². The SMILES string of the molecule is C#CC(CC)Nc1nc2ccccn2c1C(=O)O. The molecule has 5 nitrogen and oxygen atoms in total. The first-order valence-corrected chi connectivity index (χ1v) is 5.60. The summed E-state index contributed by atoms with van der Waals surface area (Å²) in [7, 11) is 0. The summed E-state index contributed by atoms with van der Waals surface area (Å²) in [5, 5.41) is 12.2. The van der Waals surface area contributed by atoms with Crippen molar-refractivity contribution in [1.82, 2.24) is 9.38 Å². The summed E-state index contributed by atoms with van der Waals surface area (Å²) in [6.07, 6.45) is 7.72. The molecule has 2 N–H and O–H groups in total. The second kappa shape index (κ2) is 4.80. The fourth-order valence-corrected chi connectivity index (χ4v) is 1.73. The second-order valence-corrected chi connectivity index (χ2v) is 3.81. The molecule has 2 aromatic heterocycles. The molecular weight excluding hydrogens is 230 g/mol. The first kappa shape index (κ1) is 12.0. The van der Waals surface area contributed by atoms with E-state index in [1.165, 1.54) is 4.40 Å². The molecule has 1 atom stereocenters. The third kappa shape index (κ3) is 2.00. The quantitative estimate of drug-likeness (QED) is 0.804. The molecule has 0 radical (unpaired) electrons. The van der Waals surface area contributed by atoms with Gasteiger partial charge >= 0.3 is 5.97 Å². The van der Waals surface area contributed by atoms with Crippen molar-refractivity contribution in [3.05, 3.63) is 30.1 Å². The Bertz CT molecular complexity index is 625. The lowest BCUT2D eigenvalue weighted by Gasteiger charge is -2.10. The molecule has 0 fully saturated rings. The van der Waals surface area contributed by atoms with E-state index in [0.717, 1.165) is 0 Å². The number of fused-ring (bicyclic) bond motifs is 1. The summed E-state index contributed by atoms with van der Waals surface area (Å²) in [5.74, 6) is 1.82. The Morgan fingerprint density at radius 2 is 2.44 bits per heavy atom. The third-order valence-corrected chi connectivity index (χ3v) is 2.65. The number of nitrogens with zero attached hydrogens (tertiary/aromatic N) is 2. The first-order valence-electron chi connectivity index (χ1n) is 5.60. The van der Waals surface area contributed by atoms with E-state index in [0.29, 0.717) is 17.9 Å². The highest BCUT2D eigenvalue weighted by atomic mass is 16.4. The van der Waals surface area contributed by atoms with Crippen LogP contribution in [0.3, 0.4) is 0 Å². The van der Waals surface area contributed by atoms with Gasteiger partial charge in [0.05, 0.1) is 6.04 Å². The van der Waals surface area contributed by atoms with E-state index in [9.17, 15) is 9.90 Å². The fourth-order valence-electron chi connectivity index (χ4n) is 1.73. The summed E-state index contributed by atoms with van der Waals surface area (Å²) in [4.78, 5) is 15.5. The van der Waals surface area contributed by atoms with Gasteiger partial charge in [-0.3, -0.25) is 4.40 Å². The topological polar surface area (TPSA) is 66.6 Å². The molecule has 18 heavy (non-hydrogen) atoms. The number of carbonyl (C=O) groups is 1. The molecule has 0 aliphatic heterocycles. The van der Waals surface area contributed by atoms with Crippen molar-refractivity contribution >= 4 is 17.4 Å².